The Morgan fingerprint density at radius 1 is 1.08 bits per heavy atom. The van der Waals surface area contributed by atoms with Crippen LogP contribution in [0.15, 0.2) is 53.0 Å². The van der Waals surface area contributed by atoms with Crippen LogP contribution in [0.1, 0.15) is 18.4 Å². The Labute approximate surface area is 163 Å². The Morgan fingerprint density at radius 3 is 2.79 bits per heavy atom. The molecule has 5 heteroatoms. The maximum Gasteiger partial charge on any atom is 0.133 e. The monoisotopic (exact) mass is 493 g/mol. The Kier molecular flexibility index (Phi) is 4.63. The van der Waals surface area contributed by atoms with Crippen LogP contribution in [0.4, 0.5) is 5.82 Å². The second kappa shape index (κ2) is 6.88. The molecular formula is C19H17BrIN3. The predicted octanol–water partition coefficient (Wildman–Crippen LogP) is 5.65. The Morgan fingerprint density at radius 2 is 1.96 bits per heavy atom. The first-order chi connectivity index (χ1) is 11.7. The zero-order chi connectivity index (χ0) is 16.5. The molecule has 1 aliphatic rings. The largest absolute Gasteiger partial charge is 0.370 e. The van der Waals surface area contributed by atoms with Crippen LogP contribution in [0.3, 0.4) is 0 Å². The number of benzene rings is 2. The summed E-state index contributed by atoms with van der Waals surface area (Å²) in [7, 11) is 0. The van der Waals surface area contributed by atoms with Gasteiger partial charge in [-0.2, -0.15) is 5.10 Å². The average Bonchev–Trinajstić information content (AvgIpc) is 2.77. The molecule has 0 amide bonds. The molecular weight excluding hydrogens is 477 g/mol. The van der Waals surface area contributed by atoms with Crippen LogP contribution in [-0.2, 0) is 6.42 Å². The molecule has 0 fully saturated rings. The van der Waals surface area contributed by atoms with Gasteiger partial charge in [0.2, 0.25) is 0 Å². The number of aromatic nitrogens is 2. The summed E-state index contributed by atoms with van der Waals surface area (Å²) in [6.07, 6.45) is 3.45. The molecule has 0 radical (unpaired) electrons. The lowest BCUT2D eigenvalue weighted by molar-refractivity contribution is 0.780. The smallest absolute Gasteiger partial charge is 0.133 e. The number of fused-ring (bicyclic) bond motifs is 1. The number of hydrogen-bond donors (Lipinski definition) is 1. The Balaban J connectivity index is 1.94. The van der Waals surface area contributed by atoms with Crippen LogP contribution >= 0.6 is 38.5 Å². The summed E-state index contributed by atoms with van der Waals surface area (Å²) in [5.74, 6) is 1.13. The molecule has 3 aromatic rings. The van der Waals surface area contributed by atoms with Gasteiger partial charge >= 0.3 is 0 Å². The van der Waals surface area contributed by atoms with E-state index >= 15 is 0 Å². The molecule has 0 atom stereocenters. The van der Waals surface area contributed by atoms with Gasteiger partial charge in [0, 0.05) is 25.7 Å². The van der Waals surface area contributed by atoms with E-state index in [1.165, 1.54) is 27.5 Å². The summed E-state index contributed by atoms with van der Waals surface area (Å²) in [5.41, 5.74) is 4.67. The number of hydrogen-bond acceptors (Lipinski definition) is 2. The topological polar surface area (TPSA) is 29.9 Å². The molecule has 0 bridgehead atoms. The summed E-state index contributed by atoms with van der Waals surface area (Å²) >= 11 is 6.03. The third-order valence-electron chi connectivity index (χ3n) is 4.31. The first kappa shape index (κ1) is 16.1. The van der Waals surface area contributed by atoms with Crippen molar-refractivity contribution < 1.29 is 0 Å². The molecule has 0 aliphatic carbocycles. The molecule has 0 saturated heterocycles. The van der Waals surface area contributed by atoms with E-state index in [1.807, 2.05) is 6.07 Å². The van der Waals surface area contributed by atoms with Gasteiger partial charge in [0.25, 0.3) is 0 Å². The second-order valence-corrected chi connectivity index (χ2v) is 8.03. The van der Waals surface area contributed by atoms with Gasteiger partial charge < -0.3 is 5.32 Å². The van der Waals surface area contributed by atoms with E-state index in [-0.39, 0.29) is 0 Å². The highest BCUT2D eigenvalue weighted by atomic mass is 127. The van der Waals surface area contributed by atoms with Crippen molar-refractivity contribution in [2.45, 2.75) is 19.3 Å². The van der Waals surface area contributed by atoms with Gasteiger partial charge in [-0.1, -0.05) is 24.3 Å². The molecule has 3 nitrogen and oxygen atoms in total. The molecule has 0 spiro atoms. The van der Waals surface area contributed by atoms with Gasteiger partial charge in [-0.3, -0.25) is 0 Å². The number of rotatable bonds is 2. The number of halogens is 2. The second-order valence-electron chi connectivity index (χ2n) is 5.93. The highest BCUT2D eigenvalue weighted by molar-refractivity contribution is 14.1. The van der Waals surface area contributed by atoms with Gasteiger partial charge in [-0.05, 0) is 82.0 Å². The zero-order valence-corrected chi connectivity index (χ0v) is 16.8. The van der Waals surface area contributed by atoms with Crippen molar-refractivity contribution in [3.05, 3.63) is 62.1 Å². The summed E-state index contributed by atoms with van der Waals surface area (Å²) in [4.78, 5) is 0. The fourth-order valence-corrected chi connectivity index (χ4v) is 4.16. The minimum absolute atomic E-state index is 0.995. The van der Waals surface area contributed by atoms with Crippen molar-refractivity contribution in [1.29, 1.82) is 0 Å². The van der Waals surface area contributed by atoms with Crippen molar-refractivity contribution in [2.24, 2.45) is 0 Å². The van der Waals surface area contributed by atoms with Crippen LogP contribution in [-0.4, -0.2) is 16.3 Å². The first-order valence-corrected chi connectivity index (χ1v) is 9.98. The molecule has 2 aromatic carbocycles. The lowest BCUT2D eigenvalue weighted by Crippen LogP contribution is -2.07. The average molecular weight is 494 g/mol. The molecule has 2 heterocycles. The number of nitrogens with one attached hydrogen (secondary N) is 1. The minimum Gasteiger partial charge on any atom is -0.370 e. The fourth-order valence-electron chi connectivity index (χ4n) is 3.17. The number of anilines is 1. The molecule has 1 aliphatic heterocycles. The van der Waals surface area contributed by atoms with E-state index in [9.17, 15) is 0 Å². The number of nitrogens with zero attached hydrogens (tertiary/aromatic N) is 2. The van der Waals surface area contributed by atoms with Crippen LogP contribution in [0.25, 0.3) is 16.9 Å². The fraction of sp³-hybridized carbons (Fsp3) is 0.211. The van der Waals surface area contributed by atoms with Crippen molar-refractivity contribution in [1.82, 2.24) is 9.78 Å². The molecule has 1 N–H and O–H groups in total. The summed E-state index contributed by atoms with van der Waals surface area (Å²) < 4.78 is 4.34. The quantitative estimate of drug-likeness (QED) is 0.467. The zero-order valence-electron chi connectivity index (χ0n) is 13.1. The highest BCUT2D eigenvalue weighted by Crippen LogP contribution is 2.35. The Hall–Kier alpha value is -1.34. The standard InChI is InChI=1S/C19H17BrIN3/c20-16-9-1-2-10-17(16)24-19-15(8-3-4-11-22-19)18(23-24)13-6-5-7-14(21)12-13/h1-2,5-7,9-10,12,22H,3-4,8,11H2. The van der Waals surface area contributed by atoms with Crippen molar-refractivity contribution in [3.63, 3.8) is 0 Å². The molecule has 4 rings (SSSR count). The normalized spacial score (nSPS) is 13.9. The lowest BCUT2D eigenvalue weighted by atomic mass is 10.0. The third-order valence-corrected chi connectivity index (χ3v) is 5.65. The molecule has 1 aromatic heterocycles. The highest BCUT2D eigenvalue weighted by Gasteiger charge is 2.22. The van der Waals surface area contributed by atoms with Gasteiger partial charge in [0.1, 0.15) is 5.82 Å². The van der Waals surface area contributed by atoms with Crippen molar-refractivity contribution in [3.8, 4) is 16.9 Å². The van der Waals surface area contributed by atoms with E-state index in [4.69, 9.17) is 5.10 Å². The molecule has 122 valence electrons. The number of para-hydroxylation sites is 1. The van der Waals surface area contributed by atoms with Crippen molar-refractivity contribution in [2.75, 3.05) is 11.9 Å². The van der Waals surface area contributed by atoms with E-state index in [1.54, 1.807) is 0 Å². The summed E-state index contributed by atoms with van der Waals surface area (Å²) in [6, 6.07) is 16.8. The molecule has 0 unspecified atom stereocenters. The van der Waals surface area contributed by atoms with Gasteiger partial charge in [-0.15, -0.1) is 0 Å². The van der Waals surface area contributed by atoms with Gasteiger partial charge in [0.15, 0.2) is 0 Å². The predicted molar refractivity (Wildman–Crippen MR) is 111 cm³/mol. The summed E-state index contributed by atoms with van der Waals surface area (Å²) in [6.45, 7) is 0.995. The van der Waals surface area contributed by atoms with Crippen LogP contribution in [0.2, 0.25) is 0 Å². The van der Waals surface area contributed by atoms with Crippen LogP contribution in [0.5, 0.6) is 0 Å². The molecule has 24 heavy (non-hydrogen) atoms. The van der Waals surface area contributed by atoms with Crippen molar-refractivity contribution >= 4 is 44.3 Å². The van der Waals surface area contributed by atoms with E-state index < -0.39 is 0 Å². The van der Waals surface area contributed by atoms with Gasteiger partial charge in [-0.25, -0.2) is 4.68 Å². The first-order valence-electron chi connectivity index (χ1n) is 8.10. The molecule has 0 saturated carbocycles. The van der Waals surface area contributed by atoms with E-state index in [0.29, 0.717) is 0 Å². The van der Waals surface area contributed by atoms with E-state index in [2.05, 4.69) is 91.0 Å². The maximum atomic E-state index is 5.00. The van der Waals surface area contributed by atoms with E-state index in [0.717, 1.165) is 34.6 Å². The lowest BCUT2D eigenvalue weighted by Gasteiger charge is -2.10. The Bertz CT molecular complexity index is 888. The SMILES string of the molecule is Brc1ccccc1-n1nc(-c2cccc(I)c2)c2c1NCCCC2. The minimum atomic E-state index is 0.995. The third kappa shape index (κ3) is 2.99. The van der Waals surface area contributed by atoms with Crippen LogP contribution < -0.4 is 5.32 Å². The van der Waals surface area contributed by atoms with Gasteiger partial charge in [0.05, 0.1) is 11.4 Å². The maximum absolute atomic E-state index is 5.00. The summed E-state index contributed by atoms with van der Waals surface area (Å²) in [5, 5.41) is 8.60. The van der Waals surface area contributed by atoms with Crippen LogP contribution in [0, 0.1) is 3.57 Å².